The minimum absolute atomic E-state index is 0.0307. The smallest absolute Gasteiger partial charge is 0.257 e. The van der Waals surface area contributed by atoms with Crippen LogP contribution in [0.4, 0.5) is 4.39 Å². The fourth-order valence-corrected chi connectivity index (χ4v) is 3.68. The summed E-state index contributed by atoms with van der Waals surface area (Å²) in [6.07, 6.45) is 6.76. The zero-order valence-electron chi connectivity index (χ0n) is 16.1. The standard InChI is InChI=1S/C21H27FN4O/c1-3-7-20-18(12-23-15-24-20)21(27)25(2)17-9-6-11-26(14-17)13-16-8-4-5-10-19(16)22/h4-5,8,10,12,15,17H,3,6-7,9,11,13-14H2,1-2H3. The number of halogens is 1. The van der Waals surface area contributed by atoms with E-state index in [4.69, 9.17) is 0 Å². The third kappa shape index (κ3) is 4.69. The van der Waals surface area contributed by atoms with E-state index >= 15 is 0 Å². The van der Waals surface area contributed by atoms with Gasteiger partial charge in [0.25, 0.3) is 5.91 Å². The summed E-state index contributed by atoms with van der Waals surface area (Å²) in [5, 5.41) is 0. The summed E-state index contributed by atoms with van der Waals surface area (Å²) in [6.45, 7) is 4.30. The van der Waals surface area contributed by atoms with Crippen LogP contribution >= 0.6 is 0 Å². The van der Waals surface area contributed by atoms with Gasteiger partial charge in [0.2, 0.25) is 0 Å². The van der Waals surface area contributed by atoms with Crippen LogP contribution in [0.25, 0.3) is 0 Å². The van der Waals surface area contributed by atoms with Gasteiger partial charge in [0, 0.05) is 37.9 Å². The lowest BCUT2D eigenvalue weighted by molar-refractivity contribution is 0.0606. The number of hydrogen-bond acceptors (Lipinski definition) is 4. The van der Waals surface area contributed by atoms with Gasteiger partial charge in [-0.25, -0.2) is 14.4 Å². The van der Waals surface area contributed by atoms with Crippen LogP contribution in [0.3, 0.4) is 0 Å². The quantitative estimate of drug-likeness (QED) is 0.783. The fraction of sp³-hybridized carbons (Fsp3) is 0.476. The maximum absolute atomic E-state index is 14.0. The van der Waals surface area contributed by atoms with E-state index in [9.17, 15) is 9.18 Å². The lowest BCUT2D eigenvalue weighted by Gasteiger charge is -2.37. The van der Waals surface area contributed by atoms with Crippen molar-refractivity contribution >= 4 is 5.91 Å². The van der Waals surface area contributed by atoms with E-state index in [0.717, 1.165) is 44.5 Å². The normalized spacial score (nSPS) is 17.7. The molecule has 2 aromatic rings. The summed E-state index contributed by atoms with van der Waals surface area (Å²) in [5.41, 5.74) is 2.10. The molecule has 0 saturated carbocycles. The molecule has 3 rings (SSSR count). The Labute approximate surface area is 160 Å². The molecule has 1 saturated heterocycles. The number of carbonyl (C=O) groups is 1. The molecule has 1 aromatic carbocycles. The Morgan fingerprint density at radius 1 is 1.37 bits per heavy atom. The number of hydrogen-bond donors (Lipinski definition) is 0. The molecule has 1 aliphatic heterocycles. The third-order valence-corrected chi connectivity index (χ3v) is 5.21. The first-order valence-corrected chi connectivity index (χ1v) is 9.62. The second kappa shape index (κ2) is 9.04. The van der Waals surface area contributed by atoms with Gasteiger partial charge in [0.05, 0.1) is 11.3 Å². The molecule has 0 N–H and O–H groups in total. The first-order chi connectivity index (χ1) is 13.1. The van der Waals surface area contributed by atoms with Gasteiger partial charge in [-0.1, -0.05) is 31.5 Å². The minimum atomic E-state index is -0.172. The van der Waals surface area contributed by atoms with Crippen molar-refractivity contribution in [1.29, 1.82) is 0 Å². The van der Waals surface area contributed by atoms with Gasteiger partial charge in [0.1, 0.15) is 12.1 Å². The molecule has 5 nitrogen and oxygen atoms in total. The summed E-state index contributed by atoms with van der Waals surface area (Å²) in [7, 11) is 1.85. The number of carbonyl (C=O) groups excluding carboxylic acids is 1. The zero-order chi connectivity index (χ0) is 19.2. The lowest BCUT2D eigenvalue weighted by Crippen LogP contribution is -2.48. The predicted molar refractivity (Wildman–Crippen MR) is 103 cm³/mol. The second-order valence-electron chi connectivity index (χ2n) is 7.17. The molecule has 1 atom stereocenters. The summed E-state index contributed by atoms with van der Waals surface area (Å²) in [5.74, 6) is -0.202. The van der Waals surface area contributed by atoms with Crippen LogP contribution in [0.5, 0.6) is 0 Å². The highest BCUT2D eigenvalue weighted by Gasteiger charge is 2.28. The van der Waals surface area contributed by atoms with Crippen LogP contribution in [0.2, 0.25) is 0 Å². The van der Waals surface area contributed by atoms with Crippen LogP contribution in [0.1, 0.15) is 47.8 Å². The first-order valence-electron chi connectivity index (χ1n) is 9.62. The molecule has 0 radical (unpaired) electrons. The van der Waals surface area contributed by atoms with E-state index < -0.39 is 0 Å². The SMILES string of the molecule is CCCc1ncncc1C(=O)N(C)C1CCCN(Cc2ccccc2F)C1. The molecule has 2 heterocycles. The molecule has 27 heavy (non-hydrogen) atoms. The summed E-state index contributed by atoms with van der Waals surface area (Å²) in [6, 6.07) is 7.00. The molecular formula is C21H27FN4O. The molecule has 0 spiro atoms. The van der Waals surface area contributed by atoms with E-state index in [1.807, 2.05) is 24.1 Å². The van der Waals surface area contributed by atoms with Crippen molar-refractivity contribution in [3.05, 3.63) is 59.4 Å². The number of aromatic nitrogens is 2. The van der Waals surface area contributed by atoms with Gasteiger partial charge < -0.3 is 4.90 Å². The van der Waals surface area contributed by atoms with Crippen molar-refractivity contribution in [2.24, 2.45) is 0 Å². The Hall–Kier alpha value is -2.34. The molecular weight excluding hydrogens is 343 g/mol. The number of likely N-dealkylation sites (N-methyl/N-ethyl adjacent to an activating group) is 1. The summed E-state index contributed by atoms with van der Waals surface area (Å²) in [4.78, 5) is 25.4. The molecule has 1 fully saturated rings. The largest absolute Gasteiger partial charge is 0.337 e. The number of rotatable bonds is 6. The molecule has 144 valence electrons. The van der Waals surface area contributed by atoms with Gasteiger partial charge in [-0.15, -0.1) is 0 Å². The average molecular weight is 370 g/mol. The third-order valence-electron chi connectivity index (χ3n) is 5.21. The van der Waals surface area contributed by atoms with Crippen molar-refractivity contribution in [2.75, 3.05) is 20.1 Å². The molecule has 1 aromatic heterocycles. The van der Waals surface area contributed by atoms with E-state index in [1.54, 1.807) is 12.3 Å². The van der Waals surface area contributed by atoms with Crippen LogP contribution < -0.4 is 0 Å². The van der Waals surface area contributed by atoms with Crippen molar-refractivity contribution in [1.82, 2.24) is 19.8 Å². The van der Waals surface area contributed by atoms with Gasteiger partial charge in [-0.2, -0.15) is 0 Å². The monoisotopic (exact) mass is 370 g/mol. The lowest BCUT2D eigenvalue weighted by atomic mass is 10.0. The Balaban J connectivity index is 1.68. The number of amides is 1. The maximum atomic E-state index is 14.0. The number of benzene rings is 1. The number of nitrogens with zero attached hydrogens (tertiary/aromatic N) is 4. The minimum Gasteiger partial charge on any atom is -0.337 e. The van der Waals surface area contributed by atoms with E-state index in [0.29, 0.717) is 17.7 Å². The van der Waals surface area contributed by atoms with Crippen LogP contribution in [0, 0.1) is 5.82 Å². The number of likely N-dealkylation sites (tertiary alicyclic amines) is 1. The topological polar surface area (TPSA) is 49.3 Å². The van der Waals surface area contributed by atoms with Crippen molar-refractivity contribution in [3.8, 4) is 0 Å². The molecule has 6 heteroatoms. The van der Waals surface area contributed by atoms with Gasteiger partial charge >= 0.3 is 0 Å². The van der Waals surface area contributed by atoms with Gasteiger partial charge in [-0.3, -0.25) is 9.69 Å². The highest BCUT2D eigenvalue weighted by molar-refractivity contribution is 5.95. The number of piperidine rings is 1. The molecule has 0 aliphatic carbocycles. The fourth-order valence-electron chi connectivity index (χ4n) is 3.68. The first kappa shape index (κ1) is 19.4. The van der Waals surface area contributed by atoms with Crippen LogP contribution in [0.15, 0.2) is 36.8 Å². The van der Waals surface area contributed by atoms with Crippen molar-refractivity contribution in [3.63, 3.8) is 0 Å². The van der Waals surface area contributed by atoms with Crippen molar-refractivity contribution < 1.29 is 9.18 Å². The highest BCUT2D eigenvalue weighted by Crippen LogP contribution is 2.20. The second-order valence-corrected chi connectivity index (χ2v) is 7.17. The molecule has 0 bridgehead atoms. The zero-order valence-corrected chi connectivity index (χ0v) is 16.1. The van der Waals surface area contributed by atoms with E-state index in [-0.39, 0.29) is 17.8 Å². The van der Waals surface area contributed by atoms with Gasteiger partial charge in [-0.05, 0) is 31.9 Å². The molecule has 1 aliphatic rings. The summed E-state index contributed by atoms with van der Waals surface area (Å²) >= 11 is 0. The molecule has 1 amide bonds. The van der Waals surface area contributed by atoms with Crippen molar-refractivity contribution in [2.45, 2.75) is 45.2 Å². The van der Waals surface area contributed by atoms with E-state index in [1.165, 1.54) is 12.4 Å². The predicted octanol–water partition coefficient (Wildman–Crippen LogP) is 3.30. The average Bonchev–Trinajstić information content (AvgIpc) is 2.69. The Morgan fingerprint density at radius 2 is 2.19 bits per heavy atom. The molecule has 1 unspecified atom stereocenters. The van der Waals surface area contributed by atoms with Gasteiger partial charge in [0.15, 0.2) is 0 Å². The van der Waals surface area contributed by atoms with Crippen LogP contribution in [-0.4, -0.2) is 51.9 Å². The highest BCUT2D eigenvalue weighted by atomic mass is 19.1. The Morgan fingerprint density at radius 3 is 2.96 bits per heavy atom. The van der Waals surface area contributed by atoms with E-state index in [2.05, 4.69) is 21.8 Å². The Bertz CT molecular complexity index is 782. The maximum Gasteiger partial charge on any atom is 0.257 e. The summed E-state index contributed by atoms with van der Waals surface area (Å²) < 4.78 is 14.0. The number of aryl methyl sites for hydroxylation is 1. The van der Waals surface area contributed by atoms with Crippen LogP contribution in [-0.2, 0) is 13.0 Å². The Kier molecular flexibility index (Phi) is 6.50.